The Labute approximate surface area is 171 Å². The quantitative estimate of drug-likeness (QED) is 0.862. The van der Waals surface area contributed by atoms with E-state index < -0.39 is 0 Å². The van der Waals surface area contributed by atoms with Crippen LogP contribution in [0.4, 0.5) is 5.69 Å². The van der Waals surface area contributed by atoms with Crippen LogP contribution >= 0.6 is 11.6 Å². The van der Waals surface area contributed by atoms with Crippen LogP contribution in [-0.2, 0) is 0 Å². The summed E-state index contributed by atoms with van der Waals surface area (Å²) in [6.45, 7) is 6.46. The molecule has 0 saturated carbocycles. The van der Waals surface area contributed by atoms with Gasteiger partial charge in [-0.2, -0.15) is 0 Å². The summed E-state index contributed by atoms with van der Waals surface area (Å²) in [4.78, 5) is 19.1. The summed E-state index contributed by atoms with van der Waals surface area (Å²) in [7, 11) is 0. The largest absolute Gasteiger partial charge is 0.390 e. The molecule has 148 valence electrons. The summed E-state index contributed by atoms with van der Waals surface area (Å²) >= 11 is 5.91. The molecule has 0 spiro atoms. The van der Waals surface area contributed by atoms with Crippen LogP contribution < -0.4 is 4.90 Å². The number of carbonyl (C=O) groups excluding carboxylic acids is 1. The summed E-state index contributed by atoms with van der Waals surface area (Å²) in [5.41, 5.74) is 3.06. The van der Waals surface area contributed by atoms with Crippen LogP contribution in [0, 0.1) is 6.92 Å². The van der Waals surface area contributed by atoms with E-state index in [2.05, 4.69) is 41.0 Å². The molecule has 2 fully saturated rings. The van der Waals surface area contributed by atoms with E-state index in [4.69, 9.17) is 11.6 Å². The van der Waals surface area contributed by atoms with Crippen molar-refractivity contribution in [1.29, 1.82) is 0 Å². The van der Waals surface area contributed by atoms with Gasteiger partial charge < -0.3 is 14.9 Å². The van der Waals surface area contributed by atoms with Crippen LogP contribution in [0.25, 0.3) is 0 Å². The van der Waals surface area contributed by atoms with Gasteiger partial charge in [0.1, 0.15) is 0 Å². The normalized spacial score (nSPS) is 23.2. The van der Waals surface area contributed by atoms with E-state index in [1.807, 2.05) is 4.90 Å². The minimum Gasteiger partial charge on any atom is -0.390 e. The minimum absolute atomic E-state index is 0.0459. The van der Waals surface area contributed by atoms with E-state index in [0.717, 1.165) is 25.3 Å². The molecule has 28 heavy (non-hydrogen) atoms. The topological polar surface area (TPSA) is 47.0 Å². The Morgan fingerprint density at radius 3 is 2.25 bits per heavy atom. The monoisotopic (exact) mass is 399 g/mol. The van der Waals surface area contributed by atoms with Crippen molar-refractivity contribution in [2.45, 2.75) is 19.1 Å². The number of halogens is 1. The van der Waals surface area contributed by atoms with Gasteiger partial charge in [-0.15, -0.1) is 0 Å². The molecule has 0 aromatic heterocycles. The number of rotatable bonds is 3. The number of piperazine rings is 1. The zero-order valence-electron chi connectivity index (χ0n) is 16.1. The van der Waals surface area contributed by atoms with Crippen LogP contribution in [0.5, 0.6) is 0 Å². The molecule has 2 aromatic rings. The first-order valence-corrected chi connectivity index (χ1v) is 10.2. The molecule has 2 aromatic carbocycles. The summed E-state index contributed by atoms with van der Waals surface area (Å²) in [5, 5.41) is 11.3. The Bertz CT molecular complexity index is 817. The number of hydrogen-bond donors (Lipinski definition) is 1. The van der Waals surface area contributed by atoms with Gasteiger partial charge in [0.2, 0.25) is 0 Å². The number of aliphatic hydroxyl groups is 1. The number of hydrogen-bond acceptors (Lipinski definition) is 4. The van der Waals surface area contributed by atoms with Crippen LogP contribution in [0.2, 0.25) is 5.02 Å². The maximum Gasteiger partial charge on any atom is 0.253 e. The Morgan fingerprint density at radius 2 is 1.61 bits per heavy atom. The molecule has 0 bridgehead atoms. The molecule has 1 N–H and O–H groups in total. The smallest absolute Gasteiger partial charge is 0.253 e. The Morgan fingerprint density at radius 1 is 0.964 bits per heavy atom. The molecule has 2 heterocycles. The molecule has 2 aliphatic heterocycles. The number of nitrogens with zero attached hydrogens (tertiary/aromatic N) is 3. The average Bonchev–Trinajstić information content (AvgIpc) is 3.10. The molecule has 2 aliphatic rings. The molecule has 0 unspecified atom stereocenters. The van der Waals surface area contributed by atoms with Crippen molar-refractivity contribution < 1.29 is 9.90 Å². The summed E-state index contributed by atoms with van der Waals surface area (Å²) < 4.78 is 0. The Balaban J connectivity index is 1.35. The fourth-order valence-corrected chi connectivity index (χ4v) is 4.25. The number of benzene rings is 2. The lowest BCUT2D eigenvalue weighted by Gasteiger charge is -2.38. The second kappa shape index (κ2) is 8.11. The highest BCUT2D eigenvalue weighted by molar-refractivity contribution is 6.30. The molecular formula is C22H26ClN3O2. The Hall–Kier alpha value is -2.08. The maximum atomic E-state index is 12.7. The van der Waals surface area contributed by atoms with E-state index in [9.17, 15) is 9.90 Å². The lowest BCUT2D eigenvalue weighted by Crippen LogP contribution is -2.54. The molecule has 2 saturated heterocycles. The third-order valence-corrected chi connectivity index (χ3v) is 6.07. The predicted octanol–water partition coefficient (Wildman–Crippen LogP) is 2.66. The van der Waals surface area contributed by atoms with Crippen molar-refractivity contribution in [1.82, 2.24) is 9.80 Å². The summed E-state index contributed by atoms with van der Waals surface area (Å²) in [6.07, 6.45) is -0.375. The zero-order chi connectivity index (χ0) is 19.7. The SMILES string of the molecule is Cc1ccc(N2C[C@@H](O)[C@H](N3CCN(C(=O)c4ccc(Cl)cc4)CC3)C2)cc1. The second-order valence-electron chi connectivity index (χ2n) is 7.71. The third kappa shape index (κ3) is 4.02. The van der Waals surface area contributed by atoms with Gasteiger partial charge >= 0.3 is 0 Å². The number of aryl methyl sites for hydroxylation is 1. The summed E-state index contributed by atoms with van der Waals surface area (Å²) in [6, 6.07) is 15.6. The van der Waals surface area contributed by atoms with Gasteiger partial charge in [-0.05, 0) is 43.3 Å². The third-order valence-electron chi connectivity index (χ3n) is 5.82. The predicted molar refractivity (Wildman–Crippen MR) is 112 cm³/mol. The number of β-amino-alcohol motifs (C(OH)–C–C–N with tert-alkyl or cyclic N) is 1. The first-order chi connectivity index (χ1) is 13.5. The lowest BCUT2D eigenvalue weighted by atomic mass is 10.1. The number of carbonyl (C=O) groups is 1. The number of anilines is 1. The van der Waals surface area contributed by atoms with Crippen molar-refractivity contribution in [2.24, 2.45) is 0 Å². The van der Waals surface area contributed by atoms with E-state index in [-0.39, 0.29) is 18.1 Å². The highest BCUT2D eigenvalue weighted by Crippen LogP contribution is 2.25. The zero-order valence-corrected chi connectivity index (χ0v) is 16.8. The van der Waals surface area contributed by atoms with Gasteiger partial charge in [0, 0.05) is 55.5 Å². The van der Waals surface area contributed by atoms with E-state index in [0.29, 0.717) is 30.2 Å². The molecule has 0 aliphatic carbocycles. The van der Waals surface area contributed by atoms with Crippen molar-refractivity contribution in [3.05, 3.63) is 64.7 Å². The molecule has 4 rings (SSSR count). The highest BCUT2D eigenvalue weighted by atomic mass is 35.5. The van der Waals surface area contributed by atoms with Crippen LogP contribution in [0.15, 0.2) is 48.5 Å². The fourth-order valence-electron chi connectivity index (χ4n) is 4.13. The highest BCUT2D eigenvalue weighted by Gasteiger charge is 2.37. The van der Waals surface area contributed by atoms with E-state index >= 15 is 0 Å². The molecule has 0 radical (unpaired) electrons. The molecular weight excluding hydrogens is 374 g/mol. The molecule has 5 nitrogen and oxygen atoms in total. The molecule has 6 heteroatoms. The second-order valence-corrected chi connectivity index (χ2v) is 8.15. The van der Waals surface area contributed by atoms with Crippen molar-refractivity contribution in [3.63, 3.8) is 0 Å². The molecule has 1 amide bonds. The van der Waals surface area contributed by atoms with Gasteiger partial charge in [0.25, 0.3) is 5.91 Å². The van der Waals surface area contributed by atoms with Gasteiger partial charge in [-0.1, -0.05) is 29.3 Å². The van der Waals surface area contributed by atoms with Gasteiger partial charge in [-0.25, -0.2) is 0 Å². The average molecular weight is 400 g/mol. The van der Waals surface area contributed by atoms with E-state index in [1.54, 1.807) is 24.3 Å². The van der Waals surface area contributed by atoms with Crippen molar-refractivity contribution >= 4 is 23.2 Å². The molecule has 2 atom stereocenters. The van der Waals surface area contributed by atoms with Crippen LogP contribution in [0.3, 0.4) is 0 Å². The number of aliphatic hydroxyl groups excluding tert-OH is 1. The standard InChI is InChI=1S/C22H26ClN3O2/c1-16-2-8-19(9-3-16)26-14-20(21(27)15-26)24-10-12-25(13-11-24)22(28)17-4-6-18(23)7-5-17/h2-9,20-21,27H,10-15H2,1H3/t20-,21-/m1/s1. The van der Waals surface area contributed by atoms with Crippen molar-refractivity contribution in [2.75, 3.05) is 44.2 Å². The lowest BCUT2D eigenvalue weighted by molar-refractivity contribution is 0.0376. The first kappa shape index (κ1) is 19.2. The number of amides is 1. The fraction of sp³-hybridized carbons (Fsp3) is 0.409. The van der Waals surface area contributed by atoms with Gasteiger partial charge in [0.15, 0.2) is 0 Å². The van der Waals surface area contributed by atoms with E-state index in [1.165, 1.54) is 5.56 Å². The minimum atomic E-state index is -0.375. The van der Waals surface area contributed by atoms with Gasteiger partial charge in [-0.3, -0.25) is 9.69 Å². The van der Waals surface area contributed by atoms with Crippen LogP contribution in [-0.4, -0.2) is 72.2 Å². The van der Waals surface area contributed by atoms with Crippen LogP contribution in [0.1, 0.15) is 15.9 Å². The van der Waals surface area contributed by atoms with Gasteiger partial charge in [0.05, 0.1) is 12.1 Å². The summed E-state index contributed by atoms with van der Waals surface area (Å²) in [5.74, 6) is 0.0459. The first-order valence-electron chi connectivity index (χ1n) is 9.80. The maximum absolute atomic E-state index is 12.7. The van der Waals surface area contributed by atoms with Crippen molar-refractivity contribution in [3.8, 4) is 0 Å². The Kier molecular flexibility index (Phi) is 5.58.